The first kappa shape index (κ1) is 33.8. The molecule has 0 saturated carbocycles. The van der Waals surface area contributed by atoms with E-state index < -0.39 is 6.04 Å². The summed E-state index contributed by atoms with van der Waals surface area (Å²) in [4.78, 5) is 30.4. The average Bonchev–Trinajstić information content (AvgIpc) is 3.70. The Morgan fingerprint density at radius 2 is 1.75 bits per heavy atom. The van der Waals surface area contributed by atoms with Gasteiger partial charge in [-0.05, 0) is 68.2 Å². The van der Waals surface area contributed by atoms with Gasteiger partial charge in [-0.1, -0.05) is 69.3 Å². The van der Waals surface area contributed by atoms with Crippen LogP contribution in [0, 0.1) is 6.92 Å². The number of allylic oxidation sites excluding steroid dienone is 4. The summed E-state index contributed by atoms with van der Waals surface area (Å²) in [5.41, 5.74) is 4.02. The zero-order chi connectivity index (χ0) is 31.9. The van der Waals surface area contributed by atoms with E-state index >= 15 is 0 Å². The molecule has 4 aromatic rings. The summed E-state index contributed by atoms with van der Waals surface area (Å²) >= 11 is 0. The number of methoxy groups -OCH3 is 1. The lowest BCUT2D eigenvalue weighted by Gasteiger charge is -2.17. The van der Waals surface area contributed by atoms with Gasteiger partial charge in [-0.3, -0.25) is 4.79 Å². The molecule has 2 aromatic carbocycles. The fraction of sp³-hybridized carbons (Fsp3) is 0.324. The standard InChI is InChI=1S/C35H38N2O5.C2H6/c1-5-7-9-12-27(6-2)33(38)29-19-21-37(24-29)32(35(39)40-4)23-26-15-17-30(18-16-26)41-22-20-31-25(3)42-34(36-31)28-13-10-8-11-14-28;1-2/h6-11,13-19,21,24,32H,5,12,20,22-23H2,1-4H3;1-2H3/b9-7-,27-6+;. The van der Waals surface area contributed by atoms with Crippen LogP contribution in [0.15, 0.2) is 101 Å². The van der Waals surface area contributed by atoms with E-state index in [-0.39, 0.29) is 11.8 Å². The molecule has 0 spiro atoms. The zero-order valence-corrected chi connectivity index (χ0v) is 26.7. The van der Waals surface area contributed by atoms with Crippen LogP contribution >= 0.6 is 0 Å². The Morgan fingerprint density at radius 3 is 2.41 bits per heavy atom. The lowest BCUT2D eigenvalue weighted by Crippen LogP contribution is -2.22. The number of rotatable bonds is 14. The summed E-state index contributed by atoms with van der Waals surface area (Å²) in [5.74, 6) is 1.70. The first-order valence-corrected chi connectivity index (χ1v) is 15.3. The van der Waals surface area contributed by atoms with E-state index in [0.29, 0.717) is 37.3 Å². The number of ketones is 1. The summed E-state index contributed by atoms with van der Waals surface area (Å²) in [6, 6.07) is 18.6. The zero-order valence-electron chi connectivity index (χ0n) is 26.7. The molecule has 0 aliphatic rings. The number of benzene rings is 2. The molecule has 1 unspecified atom stereocenters. The normalized spacial score (nSPS) is 12.0. The molecule has 7 nitrogen and oxygen atoms in total. The predicted molar refractivity (Wildman–Crippen MR) is 175 cm³/mol. The van der Waals surface area contributed by atoms with Gasteiger partial charge in [0.05, 0.1) is 19.4 Å². The van der Waals surface area contributed by atoms with Crippen LogP contribution < -0.4 is 4.74 Å². The highest BCUT2D eigenvalue weighted by atomic mass is 16.5. The van der Waals surface area contributed by atoms with E-state index in [4.69, 9.17) is 13.9 Å². The highest BCUT2D eigenvalue weighted by Gasteiger charge is 2.23. The number of carbonyl (C=O) groups is 2. The molecule has 0 N–H and O–H groups in total. The number of carbonyl (C=O) groups excluding carboxylic acids is 2. The number of ether oxygens (including phenoxy) is 2. The van der Waals surface area contributed by atoms with E-state index in [2.05, 4.69) is 11.9 Å². The van der Waals surface area contributed by atoms with Crippen LogP contribution in [-0.2, 0) is 22.4 Å². The SMILES string of the molecule is C/C=C(\C/C=C\CC)C(=O)c1ccn(C(Cc2ccc(OCCc3nc(-c4ccccc4)oc3C)cc2)C(=O)OC)c1.CC. The third kappa shape index (κ3) is 9.17. The minimum atomic E-state index is -0.605. The molecule has 7 heteroatoms. The van der Waals surface area contributed by atoms with Crippen LogP contribution in [0.5, 0.6) is 5.75 Å². The van der Waals surface area contributed by atoms with Crippen molar-refractivity contribution in [1.29, 1.82) is 0 Å². The maximum atomic E-state index is 13.0. The number of hydrogen-bond acceptors (Lipinski definition) is 6. The monoisotopic (exact) mass is 596 g/mol. The molecule has 2 heterocycles. The van der Waals surface area contributed by atoms with Gasteiger partial charge in [0, 0.05) is 36.4 Å². The number of esters is 1. The summed E-state index contributed by atoms with van der Waals surface area (Å²) in [7, 11) is 1.37. The van der Waals surface area contributed by atoms with E-state index in [1.165, 1.54) is 7.11 Å². The number of aromatic nitrogens is 2. The molecule has 1 atom stereocenters. The maximum absolute atomic E-state index is 13.0. The first-order valence-electron chi connectivity index (χ1n) is 15.3. The average molecular weight is 597 g/mol. The molecule has 0 aliphatic heterocycles. The quantitative estimate of drug-likeness (QED) is 0.0628. The molecule has 0 aliphatic carbocycles. The van der Waals surface area contributed by atoms with Gasteiger partial charge in [0.2, 0.25) is 5.89 Å². The van der Waals surface area contributed by atoms with Crippen molar-refractivity contribution in [3.05, 3.63) is 119 Å². The lowest BCUT2D eigenvalue weighted by atomic mass is 10.0. The number of hydrogen-bond donors (Lipinski definition) is 0. The molecular weight excluding hydrogens is 552 g/mol. The first-order chi connectivity index (χ1) is 21.4. The lowest BCUT2D eigenvalue weighted by molar-refractivity contribution is -0.144. The van der Waals surface area contributed by atoms with Crippen LogP contribution in [0.2, 0.25) is 0 Å². The van der Waals surface area contributed by atoms with Crippen LogP contribution in [0.3, 0.4) is 0 Å². The van der Waals surface area contributed by atoms with Gasteiger partial charge in [0.1, 0.15) is 17.6 Å². The Hall–Kier alpha value is -4.65. The van der Waals surface area contributed by atoms with Gasteiger partial charge in [0.15, 0.2) is 5.78 Å². The summed E-state index contributed by atoms with van der Waals surface area (Å²) in [6.45, 7) is 10.3. The number of Topliss-reactive ketones (excluding diaryl/α,β-unsaturated/α-hetero) is 1. The molecule has 4 rings (SSSR count). The smallest absolute Gasteiger partial charge is 0.329 e. The predicted octanol–water partition coefficient (Wildman–Crippen LogP) is 8.54. The fourth-order valence-electron chi connectivity index (χ4n) is 4.67. The molecular formula is C37H44N2O5. The van der Waals surface area contributed by atoms with Crippen LogP contribution in [0.1, 0.15) is 74.0 Å². The second-order valence-corrected chi connectivity index (χ2v) is 9.95. The molecule has 2 aromatic heterocycles. The third-order valence-corrected chi connectivity index (χ3v) is 7.06. The Balaban J connectivity index is 0.00000259. The van der Waals surface area contributed by atoms with Gasteiger partial charge in [-0.2, -0.15) is 0 Å². The van der Waals surface area contributed by atoms with Crippen molar-refractivity contribution in [3.8, 4) is 17.2 Å². The van der Waals surface area contributed by atoms with Crippen molar-refractivity contribution in [1.82, 2.24) is 9.55 Å². The Kier molecular flexibility index (Phi) is 13.4. The van der Waals surface area contributed by atoms with Gasteiger partial charge in [-0.15, -0.1) is 0 Å². The van der Waals surface area contributed by atoms with E-state index in [9.17, 15) is 9.59 Å². The van der Waals surface area contributed by atoms with Crippen molar-refractivity contribution in [2.24, 2.45) is 0 Å². The van der Waals surface area contributed by atoms with Gasteiger partial charge >= 0.3 is 5.97 Å². The van der Waals surface area contributed by atoms with Gasteiger partial charge < -0.3 is 18.5 Å². The Bertz CT molecular complexity index is 1530. The van der Waals surface area contributed by atoms with Crippen molar-refractivity contribution in [2.75, 3.05) is 13.7 Å². The minimum Gasteiger partial charge on any atom is -0.493 e. The summed E-state index contributed by atoms with van der Waals surface area (Å²) < 4.78 is 18.7. The third-order valence-electron chi connectivity index (χ3n) is 7.06. The molecule has 232 valence electrons. The minimum absolute atomic E-state index is 0.0424. The Labute approximate surface area is 261 Å². The highest BCUT2D eigenvalue weighted by molar-refractivity contribution is 6.08. The maximum Gasteiger partial charge on any atom is 0.329 e. The number of oxazole rings is 1. The fourth-order valence-corrected chi connectivity index (χ4v) is 4.67. The highest BCUT2D eigenvalue weighted by Crippen LogP contribution is 2.24. The largest absolute Gasteiger partial charge is 0.493 e. The van der Waals surface area contributed by atoms with Crippen LogP contribution in [-0.4, -0.2) is 35.0 Å². The van der Waals surface area contributed by atoms with Gasteiger partial charge in [0.25, 0.3) is 0 Å². The molecule has 0 amide bonds. The van der Waals surface area contributed by atoms with E-state index in [1.54, 1.807) is 23.0 Å². The molecule has 0 fully saturated rings. The van der Waals surface area contributed by atoms with Gasteiger partial charge in [-0.25, -0.2) is 9.78 Å². The van der Waals surface area contributed by atoms with E-state index in [1.807, 2.05) is 101 Å². The molecule has 0 bridgehead atoms. The van der Waals surface area contributed by atoms with Crippen LogP contribution in [0.25, 0.3) is 11.5 Å². The van der Waals surface area contributed by atoms with E-state index in [0.717, 1.165) is 40.3 Å². The number of nitrogens with zero attached hydrogens (tertiary/aromatic N) is 2. The van der Waals surface area contributed by atoms with Crippen molar-refractivity contribution >= 4 is 11.8 Å². The van der Waals surface area contributed by atoms with Crippen molar-refractivity contribution in [3.63, 3.8) is 0 Å². The van der Waals surface area contributed by atoms with Crippen molar-refractivity contribution in [2.45, 2.75) is 66.3 Å². The number of aryl methyl sites for hydroxylation is 1. The molecule has 0 saturated heterocycles. The topological polar surface area (TPSA) is 83.6 Å². The van der Waals surface area contributed by atoms with Crippen molar-refractivity contribution < 1.29 is 23.5 Å². The summed E-state index contributed by atoms with van der Waals surface area (Å²) in [6.07, 6.45) is 11.9. The molecule has 44 heavy (non-hydrogen) atoms. The summed E-state index contributed by atoms with van der Waals surface area (Å²) in [5, 5.41) is 0. The second kappa shape index (κ2) is 17.5. The van der Waals surface area contributed by atoms with Crippen LogP contribution in [0.4, 0.5) is 0 Å². The Morgan fingerprint density at radius 1 is 1.02 bits per heavy atom. The molecule has 0 radical (unpaired) electrons. The second-order valence-electron chi connectivity index (χ2n) is 9.95.